The first-order valence-corrected chi connectivity index (χ1v) is 9.98. The molecule has 10 nitrogen and oxygen atoms in total. The van der Waals surface area contributed by atoms with Gasteiger partial charge in [0.1, 0.15) is 23.5 Å². The Balaban J connectivity index is 1.69. The average molecular weight is 510 g/mol. The Morgan fingerprint density at radius 2 is 2.00 bits per heavy atom. The molecule has 1 aromatic carbocycles. The van der Waals surface area contributed by atoms with Crippen LogP contribution in [0.25, 0.3) is 22.9 Å². The predicted octanol–water partition coefficient (Wildman–Crippen LogP) is 2.51. The second-order valence-electron chi connectivity index (χ2n) is 7.44. The number of nitrogens with two attached hydrogens (primary N) is 1. The second kappa shape index (κ2) is 9.33. The van der Waals surface area contributed by atoms with Gasteiger partial charge in [-0.05, 0) is 12.1 Å². The summed E-state index contributed by atoms with van der Waals surface area (Å²) in [7, 11) is 0. The van der Waals surface area contributed by atoms with Crippen LogP contribution in [0.1, 0.15) is 6.93 Å². The van der Waals surface area contributed by atoms with E-state index >= 15 is 0 Å². The molecule has 0 aliphatic heterocycles. The molecule has 36 heavy (non-hydrogen) atoms. The summed E-state index contributed by atoms with van der Waals surface area (Å²) < 4.78 is 81.7. The number of nitrogens with one attached hydrogen (secondary N) is 1. The fourth-order valence-electron chi connectivity index (χ4n) is 3.08. The Morgan fingerprint density at radius 3 is 2.64 bits per heavy atom. The minimum atomic E-state index is -5.45. The molecule has 0 saturated heterocycles. The number of aliphatic hydroxyl groups is 1. The number of amides is 1. The standard InChI is InChI=1S/C21H16F5N7O3/c22-12-4-2-1-3-11(12)9-33-16(14-5-6-36-32-14)7-15(31-33)18-28-8-13(23)17(30-18)29-10-20(35,19(27)34)21(24,25)26/h1-8,35H,9-10H2,(H2,27,34)(H,28,29,30)/t20-/m1/s1/i2D. The van der Waals surface area contributed by atoms with Crippen LogP contribution >= 0.6 is 0 Å². The number of benzene rings is 1. The zero-order chi connectivity index (χ0) is 27.0. The Labute approximate surface area is 200 Å². The molecule has 0 aliphatic carbocycles. The van der Waals surface area contributed by atoms with E-state index in [-0.39, 0.29) is 35.4 Å². The van der Waals surface area contributed by atoms with Crippen molar-refractivity contribution in [3.8, 4) is 22.9 Å². The number of nitrogens with zero attached hydrogens (tertiary/aromatic N) is 5. The lowest BCUT2D eigenvalue weighted by Gasteiger charge is -2.27. The molecular weight excluding hydrogens is 493 g/mol. The Morgan fingerprint density at radius 1 is 1.22 bits per heavy atom. The highest BCUT2D eigenvalue weighted by Crippen LogP contribution is 2.31. The molecule has 1 amide bonds. The van der Waals surface area contributed by atoms with Crippen LogP contribution in [0.5, 0.6) is 0 Å². The summed E-state index contributed by atoms with van der Waals surface area (Å²) >= 11 is 0. The molecule has 0 radical (unpaired) electrons. The van der Waals surface area contributed by atoms with E-state index in [2.05, 4.69) is 26.0 Å². The van der Waals surface area contributed by atoms with Crippen molar-refractivity contribution in [2.24, 2.45) is 5.73 Å². The summed E-state index contributed by atoms with van der Waals surface area (Å²) in [5.41, 5.74) is 1.46. The van der Waals surface area contributed by atoms with Crippen LogP contribution in [0.2, 0.25) is 0 Å². The third kappa shape index (κ3) is 4.72. The van der Waals surface area contributed by atoms with Gasteiger partial charge in [0.05, 0.1) is 26.4 Å². The number of anilines is 1. The van der Waals surface area contributed by atoms with E-state index in [0.29, 0.717) is 11.9 Å². The molecule has 0 saturated carbocycles. The quantitative estimate of drug-likeness (QED) is 0.307. The number of rotatable bonds is 8. The molecule has 0 unspecified atom stereocenters. The molecule has 0 aliphatic rings. The monoisotopic (exact) mass is 510 g/mol. The third-order valence-electron chi connectivity index (χ3n) is 5.06. The zero-order valence-electron chi connectivity index (χ0n) is 18.9. The lowest BCUT2D eigenvalue weighted by molar-refractivity contribution is -0.245. The molecule has 0 bridgehead atoms. The van der Waals surface area contributed by atoms with Crippen LogP contribution in [0.15, 0.2) is 53.4 Å². The normalized spacial score (nSPS) is 13.8. The van der Waals surface area contributed by atoms with Crippen molar-refractivity contribution in [3.05, 3.63) is 66.0 Å². The topological polar surface area (TPSA) is 145 Å². The van der Waals surface area contributed by atoms with E-state index < -0.39 is 41.7 Å². The predicted molar refractivity (Wildman–Crippen MR) is 113 cm³/mol. The smallest absolute Gasteiger partial charge is 0.371 e. The largest absolute Gasteiger partial charge is 0.428 e. The number of hydrogen-bond donors (Lipinski definition) is 3. The van der Waals surface area contributed by atoms with Crippen LogP contribution in [-0.4, -0.2) is 54.2 Å². The summed E-state index contributed by atoms with van der Waals surface area (Å²) in [4.78, 5) is 18.8. The van der Waals surface area contributed by atoms with Crippen molar-refractivity contribution >= 4 is 11.7 Å². The van der Waals surface area contributed by atoms with Crippen LogP contribution in [0, 0.1) is 11.6 Å². The van der Waals surface area contributed by atoms with E-state index in [9.17, 15) is 31.9 Å². The van der Waals surface area contributed by atoms with Crippen molar-refractivity contribution in [2.45, 2.75) is 18.3 Å². The van der Waals surface area contributed by atoms with Crippen LogP contribution < -0.4 is 11.1 Å². The van der Waals surface area contributed by atoms with Crippen molar-refractivity contribution in [1.29, 1.82) is 0 Å². The van der Waals surface area contributed by atoms with E-state index in [4.69, 9.17) is 5.89 Å². The molecule has 1 atom stereocenters. The van der Waals surface area contributed by atoms with Gasteiger partial charge >= 0.3 is 6.18 Å². The number of halogens is 5. The first-order valence-electron chi connectivity index (χ1n) is 10.5. The fraction of sp³-hybridized carbons (Fsp3) is 0.190. The number of carbonyl (C=O) groups is 1. The third-order valence-corrected chi connectivity index (χ3v) is 5.06. The van der Waals surface area contributed by atoms with Gasteiger partial charge in [0, 0.05) is 11.6 Å². The van der Waals surface area contributed by atoms with Gasteiger partial charge in [0.15, 0.2) is 17.5 Å². The molecule has 188 valence electrons. The first kappa shape index (κ1) is 23.3. The highest BCUT2D eigenvalue weighted by atomic mass is 19.4. The molecule has 4 aromatic rings. The Hall–Kier alpha value is -4.40. The van der Waals surface area contributed by atoms with Gasteiger partial charge in [-0.1, -0.05) is 23.3 Å². The van der Waals surface area contributed by atoms with E-state index in [1.165, 1.54) is 35.2 Å². The van der Waals surface area contributed by atoms with E-state index in [0.717, 1.165) is 6.07 Å². The summed E-state index contributed by atoms with van der Waals surface area (Å²) in [6, 6.07) is 6.65. The summed E-state index contributed by atoms with van der Waals surface area (Å²) in [5.74, 6) is -4.98. The fourth-order valence-corrected chi connectivity index (χ4v) is 3.08. The molecule has 3 heterocycles. The number of primary amides is 1. The average Bonchev–Trinajstić information content (AvgIpc) is 3.49. The van der Waals surface area contributed by atoms with Crippen molar-refractivity contribution < 1.29 is 37.7 Å². The molecule has 0 fully saturated rings. The molecule has 4 rings (SSSR count). The highest BCUT2D eigenvalue weighted by Gasteiger charge is 2.58. The van der Waals surface area contributed by atoms with Crippen molar-refractivity contribution in [1.82, 2.24) is 24.9 Å². The van der Waals surface area contributed by atoms with Crippen LogP contribution in [0.4, 0.5) is 27.8 Å². The Bertz CT molecular complexity index is 1450. The van der Waals surface area contributed by atoms with Gasteiger partial charge < -0.3 is 20.7 Å². The van der Waals surface area contributed by atoms with E-state index in [1.54, 1.807) is 0 Å². The van der Waals surface area contributed by atoms with Gasteiger partial charge in [0.25, 0.3) is 11.5 Å². The minimum absolute atomic E-state index is 0.000413. The molecule has 4 N–H and O–H groups in total. The molecule has 0 spiro atoms. The number of hydrogen-bond acceptors (Lipinski definition) is 8. The lowest BCUT2D eigenvalue weighted by atomic mass is 10.0. The highest BCUT2D eigenvalue weighted by molar-refractivity contribution is 5.85. The number of alkyl halides is 3. The number of carbonyl (C=O) groups excluding carboxylic acids is 1. The molecular formula is C21H16F5N7O3. The second-order valence-corrected chi connectivity index (χ2v) is 7.44. The van der Waals surface area contributed by atoms with Crippen molar-refractivity contribution in [3.63, 3.8) is 0 Å². The van der Waals surface area contributed by atoms with Gasteiger partial charge in [-0.15, -0.1) is 0 Å². The van der Waals surface area contributed by atoms with Crippen molar-refractivity contribution in [2.75, 3.05) is 11.9 Å². The van der Waals surface area contributed by atoms with Crippen LogP contribution in [-0.2, 0) is 11.3 Å². The lowest BCUT2D eigenvalue weighted by Crippen LogP contribution is -2.59. The van der Waals surface area contributed by atoms with Gasteiger partial charge in [-0.2, -0.15) is 18.3 Å². The van der Waals surface area contributed by atoms with Gasteiger partial charge in [0.2, 0.25) is 0 Å². The minimum Gasteiger partial charge on any atom is -0.371 e. The van der Waals surface area contributed by atoms with Gasteiger partial charge in [-0.3, -0.25) is 9.48 Å². The van der Waals surface area contributed by atoms with Crippen LogP contribution in [0.3, 0.4) is 0 Å². The zero-order valence-corrected chi connectivity index (χ0v) is 17.9. The first-order chi connectivity index (χ1) is 17.4. The van der Waals surface area contributed by atoms with E-state index in [1.807, 2.05) is 5.32 Å². The maximum absolute atomic E-state index is 14.4. The maximum Gasteiger partial charge on any atom is 0.428 e. The van der Waals surface area contributed by atoms with Gasteiger partial charge in [-0.25, -0.2) is 18.7 Å². The summed E-state index contributed by atoms with van der Waals surface area (Å²) in [5, 5.41) is 19.7. The Kier molecular flexibility index (Phi) is 6.05. The number of aromatic nitrogens is 5. The summed E-state index contributed by atoms with van der Waals surface area (Å²) in [6.07, 6.45) is -3.53. The molecule has 3 aromatic heterocycles. The maximum atomic E-state index is 14.4. The SMILES string of the molecule is [2H]c1ccc(Cn2nc(-c3ncc(F)c(NC[C@@](O)(C(N)=O)C(F)(F)F)n3)cc2-c2ccon2)c(F)c1. The molecule has 15 heteroatoms. The summed E-state index contributed by atoms with van der Waals surface area (Å²) in [6.45, 7) is -1.65.